The van der Waals surface area contributed by atoms with Crippen LogP contribution in [0.2, 0.25) is 5.02 Å². The summed E-state index contributed by atoms with van der Waals surface area (Å²) in [5.41, 5.74) is 1.99. The van der Waals surface area contributed by atoms with Gasteiger partial charge < -0.3 is 9.84 Å². The van der Waals surface area contributed by atoms with Gasteiger partial charge in [0.05, 0.1) is 7.11 Å². The van der Waals surface area contributed by atoms with E-state index in [0.717, 1.165) is 29.7 Å². The molecule has 4 heteroatoms. The van der Waals surface area contributed by atoms with Gasteiger partial charge in [0.15, 0.2) is 0 Å². The van der Waals surface area contributed by atoms with Crippen molar-refractivity contribution in [3.8, 4) is 5.75 Å². The second kappa shape index (κ2) is 4.96. The van der Waals surface area contributed by atoms with E-state index in [1.807, 2.05) is 12.1 Å². The molecule has 3 nitrogen and oxygen atoms in total. The van der Waals surface area contributed by atoms with Crippen LogP contribution in [0.5, 0.6) is 5.75 Å². The third kappa shape index (κ3) is 2.91. The maximum Gasteiger partial charge on any atom is 0.303 e. The Kier molecular flexibility index (Phi) is 3.57. The zero-order chi connectivity index (χ0) is 12.4. The summed E-state index contributed by atoms with van der Waals surface area (Å²) in [7, 11) is 1.62. The summed E-state index contributed by atoms with van der Waals surface area (Å²) in [5.74, 6) is 0.512. The maximum atomic E-state index is 10.5. The van der Waals surface area contributed by atoms with Crippen LogP contribution in [0.15, 0.2) is 12.1 Å². The van der Waals surface area contributed by atoms with Gasteiger partial charge in [-0.2, -0.15) is 0 Å². The molecule has 1 aliphatic rings. The van der Waals surface area contributed by atoms with E-state index in [1.165, 1.54) is 0 Å². The van der Waals surface area contributed by atoms with Crippen molar-refractivity contribution in [2.24, 2.45) is 0 Å². The Morgan fingerprint density at radius 3 is 2.76 bits per heavy atom. The van der Waals surface area contributed by atoms with Gasteiger partial charge >= 0.3 is 5.97 Å². The molecule has 0 aliphatic heterocycles. The highest BCUT2D eigenvalue weighted by Gasteiger charge is 2.29. The molecule has 0 unspecified atom stereocenters. The number of aliphatic carboxylic acids is 1. The molecule has 92 valence electrons. The first-order valence-corrected chi connectivity index (χ1v) is 6.07. The van der Waals surface area contributed by atoms with Gasteiger partial charge in [-0.3, -0.25) is 4.79 Å². The summed E-state index contributed by atoms with van der Waals surface area (Å²) in [6.45, 7) is 0. The van der Waals surface area contributed by atoms with Crippen molar-refractivity contribution in [2.45, 2.75) is 31.6 Å². The number of rotatable bonds is 5. The third-order valence-electron chi connectivity index (χ3n) is 2.98. The maximum absolute atomic E-state index is 10.5. The Morgan fingerprint density at radius 2 is 2.24 bits per heavy atom. The van der Waals surface area contributed by atoms with E-state index in [9.17, 15) is 4.79 Å². The van der Waals surface area contributed by atoms with Crippen LogP contribution >= 0.6 is 11.6 Å². The van der Waals surface area contributed by atoms with Gasteiger partial charge in [-0.25, -0.2) is 0 Å². The minimum absolute atomic E-state index is 0.113. The molecule has 0 spiro atoms. The molecule has 17 heavy (non-hydrogen) atoms. The van der Waals surface area contributed by atoms with Crippen LogP contribution in [0.1, 0.15) is 36.3 Å². The predicted molar refractivity (Wildman–Crippen MR) is 65.9 cm³/mol. The van der Waals surface area contributed by atoms with Crippen LogP contribution in [0.25, 0.3) is 0 Å². The van der Waals surface area contributed by atoms with E-state index in [4.69, 9.17) is 21.4 Å². The van der Waals surface area contributed by atoms with Crippen molar-refractivity contribution in [1.29, 1.82) is 0 Å². The number of carbonyl (C=O) groups is 1. The summed E-state index contributed by atoms with van der Waals surface area (Å²) >= 11 is 6.24. The number of methoxy groups -OCH3 is 1. The highest BCUT2D eigenvalue weighted by atomic mass is 35.5. The first-order valence-electron chi connectivity index (χ1n) is 5.70. The minimum atomic E-state index is -0.800. The topological polar surface area (TPSA) is 46.5 Å². The lowest BCUT2D eigenvalue weighted by Crippen LogP contribution is -1.99. The Balaban J connectivity index is 2.24. The second-order valence-corrected chi connectivity index (χ2v) is 4.77. The summed E-state index contributed by atoms with van der Waals surface area (Å²) in [6, 6.07) is 3.77. The number of benzene rings is 1. The Bertz CT molecular complexity index is 439. The average Bonchev–Trinajstić information content (AvgIpc) is 3.09. The summed E-state index contributed by atoms with van der Waals surface area (Å²) in [6.07, 6.45) is 2.91. The highest BCUT2D eigenvalue weighted by molar-refractivity contribution is 6.31. The summed E-state index contributed by atoms with van der Waals surface area (Å²) in [4.78, 5) is 10.5. The van der Waals surface area contributed by atoms with E-state index in [0.29, 0.717) is 17.4 Å². The van der Waals surface area contributed by atoms with E-state index in [2.05, 4.69) is 0 Å². The lowest BCUT2D eigenvalue weighted by molar-refractivity contribution is -0.136. The van der Waals surface area contributed by atoms with Gasteiger partial charge in [0, 0.05) is 17.0 Å². The fraction of sp³-hybridized carbons (Fsp3) is 0.462. The highest BCUT2D eigenvalue weighted by Crippen LogP contribution is 2.48. The van der Waals surface area contributed by atoms with Crippen LogP contribution in [0.4, 0.5) is 0 Å². The number of halogens is 1. The van der Waals surface area contributed by atoms with Crippen molar-refractivity contribution >= 4 is 17.6 Å². The quantitative estimate of drug-likeness (QED) is 0.877. The van der Waals surface area contributed by atoms with Crippen molar-refractivity contribution < 1.29 is 14.6 Å². The third-order valence-corrected chi connectivity index (χ3v) is 3.30. The SMILES string of the molecule is COc1cc(CCC(=O)O)cc(Cl)c1C1CC1. The molecule has 0 saturated heterocycles. The molecular formula is C13H15ClO3. The fourth-order valence-corrected chi connectivity index (χ4v) is 2.37. The summed E-state index contributed by atoms with van der Waals surface area (Å²) < 4.78 is 5.34. The monoisotopic (exact) mass is 254 g/mol. The van der Waals surface area contributed by atoms with Crippen LogP contribution < -0.4 is 4.74 Å². The molecule has 1 aromatic rings. The number of hydrogen-bond acceptors (Lipinski definition) is 2. The first kappa shape index (κ1) is 12.2. The number of carboxylic acid groups (broad SMARTS) is 1. The Hall–Kier alpha value is -1.22. The first-order chi connectivity index (χ1) is 8.11. The van der Waals surface area contributed by atoms with E-state index >= 15 is 0 Å². The van der Waals surface area contributed by atoms with Crippen molar-refractivity contribution in [3.05, 3.63) is 28.3 Å². The smallest absolute Gasteiger partial charge is 0.303 e. The standard InChI is InChI=1S/C13H15ClO3/c1-17-11-7-8(2-5-12(15)16)6-10(14)13(11)9-3-4-9/h6-7,9H,2-5H2,1H3,(H,15,16). The number of aryl methyl sites for hydroxylation is 1. The molecule has 0 atom stereocenters. The normalized spacial score (nSPS) is 14.7. The van der Waals surface area contributed by atoms with Gasteiger partial charge in [0.25, 0.3) is 0 Å². The van der Waals surface area contributed by atoms with E-state index in [-0.39, 0.29) is 6.42 Å². The molecule has 2 rings (SSSR count). The largest absolute Gasteiger partial charge is 0.496 e. The van der Waals surface area contributed by atoms with Crippen molar-refractivity contribution in [3.63, 3.8) is 0 Å². The Morgan fingerprint density at radius 1 is 1.53 bits per heavy atom. The molecule has 1 N–H and O–H groups in total. The van der Waals surface area contributed by atoms with Crippen LogP contribution in [0.3, 0.4) is 0 Å². The minimum Gasteiger partial charge on any atom is -0.496 e. The van der Waals surface area contributed by atoms with Crippen molar-refractivity contribution in [1.82, 2.24) is 0 Å². The van der Waals surface area contributed by atoms with E-state index in [1.54, 1.807) is 7.11 Å². The molecule has 0 amide bonds. The number of carboxylic acids is 1. The number of ether oxygens (including phenoxy) is 1. The van der Waals surface area contributed by atoms with Crippen LogP contribution in [-0.4, -0.2) is 18.2 Å². The van der Waals surface area contributed by atoms with E-state index < -0.39 is 5.97 Å². The van der Waals surface area contributed by atoms with Gasteiger partial charge in [-0.1, -0.05) is 11.6 Å². The van der Waals surface area contributed by atoms with Gasteiger partial charge in [-0.05, 0) is 42.9 Å². The zero-order valence-electron chi connectivity index (χ0n) is 9.70. The van der Waals surface area contributed by atoms with Crippen molar-refractivity contribution in [2.75, 3.05) is 7.11 Å². The molecule has 1 aromatic carbocycles. The second-order valence-electron chi connectivity index (χ2n) is 4.36. The molecule has 1 saturated carbocycles. The molecule has 1 aliphatic carbocycles. The van der Waals surface area contributed by atoms with Gasteiger partial charge in [-0.15, -0.1) is 0 Å². The number of hydrogen-bond donors (Lipinski definition) is 1. The molecule has 1 fully saturated rings. The van der Waals surface area contributed by atoms with Crippen LogP contribution in [-0.2, 0) is 11.2 Å². The summed E-state index contributed by atoms with van der Waals surface area (Å²) in [5, 5.41) is 9.36. The lowest BCUT2D eigenvalue weighted by atomic mass is 10.0. The Labute approximate surface area is 105 Å². The molecule has 0 aromatic heterocycles. The van der Waals surface area contributed by atoms with Crippen LogP contribution in [0, 0.1) is 0 Å². The molecule has 0 heterocycles. The molecule has 0 radical (unpaired) electrons. The zero-order valence-corrected chi connectivity index (χ0v) is 10.5. The fourth-order valence-electron chi connectivity index (χ4n) is 1.98. The molecule has 0 bridgehead atoms. The van der Waals surface area contributed by atoms with Gasteiger partial charge in [0.1, 0.15) is 5.75 Å². The molecular weight excluding hydrogens is 240 g/mol. The van der Waals surface area contributed by atoms with Gasteiger partial charge in [0.2, 0.25) is 0 Å². The lowest BCUT2D eigenvalue weighted by Gasteiger charge is -2.12. The average molecular weight is 255 g/mol. The predicted octanol–water partition coefficient (Wildman–Crippen LogP) is 3.24.